The molecule has 0 amide bonds. The van der Waals surface area contributed by atoms with Gasteiger partial charge in [-0.05, 0) is 26.8 Å². The molecule has 0 aliphatic heterocycles. The van der Waals surface area contributed by atoms with Gasteiger partial charge in [0, 0.05) is 10.5 Å². The van der Waals surface area contributed by atoms with Gasteiger partial charge in [0.05, 0.1) is 13.2 Å². The molecule has 18 heavy (non-hydrogen) atoms. The predicted molar refractivity (Wildman–Crippen MR) is 76.9 cm³/mol. The van der Waals surface area contributed by atoms with Crippen LogP contribution in [0.5, 0.6) is 0 Å². The van der Waals surface area contributed by atoms with Gasteiger partial charge in [-0.2, -0.15) is 11.8 Å². The third-order valence-corrected chi connectivity index (χ3v) is 4.48. The zero-order valence-corrected chi connectivity index (χ0v) is 13.1. The lowest BCUT2D eigenvalue weighted by atomic mass is 9.96. The van der Waals surface area contributed by atoms with E-state index < -0.39 is 5.54 Å². The largest absolute Gasteiger partial charge is 0.468 e. The van der Waals surface area contributed by atoms with Gasteiger partial charge >= 0.3 is 5.97 Å². The van der Waals surface area contributed by atoms with E-state index in [0.717, 1.165) is 6.54 Å². The second-order valence-corrected chi connectivity index (χ2v) is 6.77. The second kappa shape index (κ2) is 8.02. The van der Waals surface area contributed by atoms with E-state index in [-0.39, 0.29) is 22.6 Å². The van der Waals surface area contributed by atoms with Crippen LogP contribution < -0.4 is 5.32 Å². The van der Waals surface area contributed by atoms with Gasteiger partial charge in [-0.15, -0.1) is 0 Å². The summed E-state index contributed by atoms with van der Waals surface area (Å²) in [6.07, 6.45) is 0.330. The number of likely N-dealkylation sites (N-methyl/N-ethyl adjacent to an activating group) is 1. The third-order valence-electron chi connectivity index (χ3n) is 3.02. The average molecular weight is 277 g/mol. The molecule has 0 spiro atoms. The number of carbonyl (C=O) groups excluding carboxylic acids is 1. The zero-order chi connectivity index (χ0) is 14.3. The standard InChI is InChI=1S/C13H27NO3S/c1-7-14-13(5,12(16)17-6)8-9(2)18-11(4)10(3)15/h9-11,14-15H,7-8H2,1-6H3. The molecule has 0 aromatic carbocycles. The lowest BCUT2D eigenvalue weighted by Crippen LogP contribution is -2.51. The minimum absolute atomic E-state index is 0.156. The first-order valence-corrected chi connectivity index (χ1v) is 7.38. The molecule has 5 heteroatoms. The zero-order valence-electron chi connectivity index (χ0n) is 12.3. The molecule has 2 N–H and O–H groups in total. The summed E-state index contributed by atoms with van der Waals surface area (Å²) in [6, 6.07) is 0. The van der Waals surface area contributed by atoms with Crippen LogP contribution >= 0.6 is 11.8 Å². The van der Waals surface area contributed by atoms with Gasteiger partial charge in [0.2, 0.25) is 0 Å². The Morgan fingerprint density at radius 2 is 2.00 bits per heavy atom. The van der Waals surface area contributed by atoms with Crippen LogP contribution in [0.25, 0.3) is 0 Å². The summed E-state index contributed by atoms with van der Waals surface area (Å²) in [5.74, 6) is -0.235. The van der Waals surface area contributed by atoms with Crippen molar-refractivity contribution in [2.45, 2.75) is 63.2 Å². The van der Waals surface area contributed by atoms with E-state index >= 15 is 0 Å². The lowest BCUT2D eigenvalue weighted by Gasteiger charge is -2.31. The summed E-state index contributed by atoms with van der Waals surface area (Å²) in [5, 5.41) is 13.1. The number of hydrogen-bond donors (Lipinski definition) is 2. The molecule has 4 atom stereocenters. The number of carbonyl (C=O) groups is 1. The smallest absolute Gasteiger partial charge is 0.325 e. The molecule has 108 valence electrons. The molecule has 0 heterocycles. The molecule has 0 rings (SSSR count). The normalized spacial score (nSPS) is 19.7. The maximum atomic E-state index is 11.8. The van der Waals surface area contributed by atoms with Crippen molar-refractivity contribution < 1.29 is 14.6 Å². The summed E-state index contributed by atoms with van der Waals surface area (Å²) in [7, 11) is 1.41. The van der Waals surface area contributed by atoms with Crippen molar-refractivity contribution in [1.82, 2.24) is 5.32 Å². The Bertz CT molecular complexity index is 261. The van der Waals surface area contributed by atoms with Gasteiger partial charge in [0.25, 0.3) is 0 Å². The number of aliphatic hydroxyl groups is 1. The number of esters is 1. The minimum atomic E-state index is -0.658. The molecule has 0 aliphatic carbocycles. The first kappa shape index (κ1) is 17.7. The average Bonchev–Trinajstić information content (AvgIpc) is 2.27. The van der Waals surface area contributed by atoms with Crippen molar-refractivity contribution in [3.05, 3.63) is 0 Å². The van der Waals surface area contributed by atoms with Crippen molar-refractivity contribution in [3.8, 4) is 0 Å². The van der Waals surface area contributed by atoms with Crippen LogP contribution in [0.3, 0.4) is 0 Å². The van der Waals surface area contributed by atoms with E-state index in [9.17, 15) is 9.90 Å². The maximum absolute atomic E-state index is 11.8. The molecule has 0 aromatic rings. The van der Waals surface area contributed by atoms with Crippen molar-refractivity contribution >= 4 is 17.7 Å². The van der Waals surface area contributed by atoms with Crippen LogP contribution in [-0.2, 0) is 9.53 Å². The number of ether oxygens (including phenoxy) is 1. The van der Waals surface area contributed by atoms with Crippen LogP contribution in [0.15, 0.2) is 0 Å². The highest BCUT2D eigenvalue weighted by Gasteiger charge is 2.35. The Kier molecular flexibility index (Phi) is 7.90. The van der Waals surface area contributed by atoms with Gasteiger partial charge in [0.15, 0.2) is 0 Å². The van der Waals surface area contributed by atoms with Crippen molar-refractivity contribution in [2.75, 3.05) is 13.7 Å². The quantitative estimate of drug-likeness (QED) is 0.663. The van der Waals surface area contributed by atoms with Crippen LogP contribution in [-0.4, -0.2) is 46.9 Å². The molecule has 0 saturated carbocycles. The Labute approximate surface area is 115 Å². The summed E-state index contributed by atoms with van der Waals surface area (Å²) >= 11 is 1.69. The Balaban J connectivity index is 4.54. The Hall–Kier alpha value is -0.260. The van der Waals surface area contributed by atoms with Crippen molar-refractivity contribution in [2.24, 2.45) is 0 Å². The van der Waals surface area contributed by atoms with Gasteiger partial charge in [-0.1, -0.05) is 20.8 Å². The van der Waals surface area contributed by atoms with Crippen LogP contribution in [0, 0.1) is 0 Å². The fourth-order valence-electron chi connectivity index (χ4n) is 1.95. The van der Waals surface area contributed by atoms with Crippen LogP contribution in [0.2, 0.25) is 0 Å². The molecular formula is C13H27NO3S. The van der Waals surface area contributed by atoms with E-state index in [0.29, 0.717) is 6.42 Å². The number of methoxy groups -OCH3 is 1. The van der Waals surface area contributed by atoms with E-state index in [1.165, 1.54) is 7.11 Å². The SMILES string of the molecule is CCNC(C)(CC(C)SC(C)C(C)O)C(=O)OC. The first-order valence-electron chi connectivity index (χ1n) is 6.43. The minimum Gasteiger partial charge on any atom is -0.468 e. The molecule has 0 bridgehead atoms. The van der Waals surface area contributed by atoms with Crippen LogP contribution in [0.1, 0.15) is 41.0 Å². The molecule has 4 unspecified atom stereocenters. The molecular weight excluding hydrogens is 250 g/mol. The number of rotatable bonds is 8. The number of hydrogen-bond acceptors (Lipinski definition) is 5. The fourth-order valence-corrected chi connectivity index (χ4v) is 3.34. The highest BCUT2D eigenvalue weighted by Crippen LogP contribution is 2.27. The van der Waals surface area contributed by atoms with Gasteiger partial charge in [-0.25, -0.2) is 0 Å². The van der Waals surface area contributed by atoms with Gasteiger partial charge < -0.3 is 15.2 Å². The van der Waals surface area contributed by atoms with E-state index in [1.54, 1.807) is 18.7 Å². The van der Waals surface area contributed by atoms with Crippen LogP contribution in [0.4, 0.5) is 0 Å². The molecule has 0 aromatic heterocycles. The fraction of sp³-hybridized carbons (Fsp3) is 0.923. The van der Waals surface area contributed by atoms with E-state index in [2.05, 4.69) is 12.2 Å². The molecule has 0 radical (unpaired) electrons. The molecule has 0 saturated heterocycles. The maximum Gasteiger partial charge on any atom is 0.325 e. The number of aliphatic hydroxyl groups excluding tert-OH is 1. The third kappa shape index (κ3) is 5.59. The lowest BCUT2D eigenvalue weighted by molar-refractivity contribution is -0.148. The summed E-state index contributed by atoms with van der Waals surface area (Å²) in [6.45, 7) is 10.4. The molecule has 0 aliphatic rings. The molecule has 4 nitrogen and oxygen atoms in total. The van der Waals surface area contributed by atoms with E-state index in [1.807, 2.05) is 20.8 Å². The predicted octanol–water partition coefficient (Wildman–Crippen LogP) is 1.81. The van der Waals surface area contributed by atoms with Crippen molar-refractivity contribution in [3.63, 3.8) is 0 Å². The van der Waals surface area contributed by atoms with Gasteiger partial charge in [-0.3, -0.25) is 4.79 Å². The second-order valence-electron chi connectivity index (χ2n) is 4.95. The van der Waals surface area contributed by atoms with Crippen molar-refractivity contribution in [1.29, 1.82) is 0 Å². The summed E-state index contributed by atoms with van der Waals surface area (Å²) in [5.41, 5.74) is -0.658. The number of nitrogens with one attached hydrogen (secondary N) is 1. The molecule has 0 fully saturated rings. The topological polar surface area (TPSA) is 58.6 Å². The van der Waals surface area contributed by atoms with Gasteiger partial charge in [0.1, 0.15) is 5.54 Å². The Morgan fingerprint density at radius 3 is 2.39 bits per heavy atom. The highest BCUT2D eigenvalue weighted by atomic mass is 32.2. The summed E-state index contributed by atoms with van der Waals surface area (Å²) < 4.78 is 4.86. The van der Waals surface area contributed by atoms with E-state index in [4.69, 9.17) is 4.74 Å². The number of thioether (sulfide) groups is 1. The monoisotopic (exact) mass is 277 g/mol. The first-order chi connectivity index (χ1) is 8.26. The summed E-state index contributed by atoms with van der Waals surface area (Å²) in [4.78, 5) is 11.8. The Morgan fingerprint density at radius 1 is 1.44 bits per heavy atom. The highest BCUT2D eigenvalue weighted by molar-refractivity contribution is 8.00.